The van der Waals surface area contributed by atoms with Crippen molar-refractivity contribution in [3.05, 3.63) is 41.7 Å². The quantitative estimate of drug-likeness (QED) is 0.859. The van der Waals surface area contributed by atoms with E-state index in [2.05, 4.69) is 9.97 Å². The van der Waals surface area contributed by atoms with Crippen LogP contribution >= 0.6 is 0 Å². The Bertz CT molecular complexity index is 659. The molecule has 0 saturated heterocycles. The van der Waals surface area contributed by atoms with Gasteiger partial charge in [0, 0.05) is 5.56 Å². The molecule has 0 atom stereocenters. The lowest BCUT2D eigenvalue weighted by atomic mass is 10.1. The molecule has 0 aliphatic rings. The highest BCUT2D eigenvalue weighted by atomic mass is 19.4. The first-order valence-electron chi connectivity index (χ1n) is 5.12. The highest BCUT2D eigenvalue weighted by molar-refractivity contribution is 5.61. The number of alkyl halides is 3. The average molecular weight is 264 g/mol. The fourth-order valence-corrected chi connectivity index (χ4v) is 1.47. The van der Waals surface area contributed by atoms with E-state index in [-0.39, 0.29) is 22.8 Å². The Morgan fingerprint density at radius 1 is 1.26 bits per heavy atom. The van der Waals surface area contributed by atoms with Gasteiger partial charge in [-0.2, -0.15) is 18.4 Å². The summed E-state index contributed by atoms with van der Waals surface area (Å²) < 4.78 is 37.8. The van der Waals surface area contributed by atoms with Crippen LogP contribution in [0.1, 0.15) is 11.3 Å². The SMILES string of the molecule is N#Cc1nc(-c2cccc(C(F)(F)F)c2)cnc1N. The lowest BCUT2D eigenvalue weighted by Gasteiger charge is -2.08. The average Bonchev–Trinajstić information content (AvgIpc) is 2.38. The van der Waals surface area contributed by atoms with E-state index in [1.54, 1.807) is 6.07 Å². The van der Waals surface area contributed by atoms with Gasteiger partial charge in [0.05, 0.1) is 17.5 Å². The number of halogens is 3. The number of nitrogens with two attached hydrogens (primary N) is 1. The van der Waals surface area contributed by atoms with Gasteiger partial charge in [-0.25, -0.2) is 9.97 Å². The zero-order valence-electron chi connectivity index (χ0n) is 9.44. The van der Waals surface area contributed by atoms with Crippen LogP contribution in [0.25, 0.3) is 11.3 Å². The lowest BCUT2D eigenvalue weighted by Crippen LogP contribution is -2.05. The summed E-state index contributed by atoms with van der Waals surface area (Å²) >= 11 is 0. The van der Waals surface area contributed by atoms with Gasteiger partial charge in [0.2, 0.25) is 0 Å². The monoisotopic (exact) mass is 264 g/mol. The summed E-state index contributed by atoms with van der Waals surface area (Å²) in [5.74, 6) is -0.0572. The van der Waals surface area contributed by atoms with Crippen LogP contribution in [0.5, 0.6) is 0 Å². The second-order valence-electron chi connectivity index (χ2n) is 3.68. The first-order valence-corrected chi connectivity index (χ1v) is 5.12. The third-order valence-electron chi connectivity index (χ3n) is 2.39. The minimum Gasteiger partial charge on any atom is -0.381 e. The largest absolute Gasteiger partial charge is 0.416 e. The Labute approximate surface area is 106 Å². The summed E-state index contributed by atoms with van der Waals surface area (Å²) in [7, 11) is 0. The second kappa shape index (κ2) is 4.57. The van der Waals surface area contributed by atoms with E-state index in [1.165, 1.54) is 18.3 Å². The first kappa shape index (κ1) is 12.8. The third-order valence-corrected chi connectivity index (χ3v) is 2.39. The number of nitrogen functional groups attached to an aromatic ring is 1. The molecule has 19 heavy (non-hydrogen) atoms. The summed E-state index contributed by atoms with van der Waals surface area (Å²) in [5.41, 5.74) is 4.88. The van der Waals surface area contributed by atoms with Gasteiger partial charge in [0.25, 0.3) is 0 Å². The molecule has 7 heteroatoms. The molecule has 96 valence electrons. The van der Waals surface area contributed by atoms with E-state index in [4.69, 9.17) is 11.0 Å². The summed E-state index contributed by atoms with van der Waals surface area (Å²) in [6.45, 7) is 0. The number of hydrogen-bond donors (Lipinski definition) is 1. The normalized spacial score (nSPS) is 11.1. The van der Waals surface area contributed by atoms with Crippen molar-refractivity contribution in [2.45, 2.75) is 6.18 Å². The van der Waals surface area contributed by atoms with Crippen molar-refractivity contribution in [1.82, 2.24) is 9.97 Å². The van der Waals surface area contributed by atoms with Crippen LogP contribution in [0, 0.1) is 11.3 Å². The van der Waals surface area contributed by atoms with Crippen molar-refractivity contribution < 1.29 is 13.2 Å². The van der Waals surface area contributed by atoms with Crippen molar-refractivity contribution in [2.75, 3.05) is 5.73 Å². The van der Waals surface area contributed by atoms with Gasteiger partial charge in [-0.3, -0.25) is 0 Å². The maximum absolute atomic E-state index is 12.6. The molecule has 4 nitrogen and oxygen atoms in total. The molecular weight excluding hydrogens is 257 g/mol. The zero-order valence-corrected chi connectivity index (χ0v) is 9.44. The lowest BCUT2D eigenvalue weighted by molar-refractivity contribution is -0.137. The Kier molecular flexibility index (Phi) is 3.09. The molecule has 0 unspecified atom stereocenters. The van der Waals surface area contributed by atoms with Crippen molar-refractivity contribution in [2.24, 2.45) is 0 Å². The fourth-order valence-electron chi connectivity index (χ4n) is 1.47. The van der Waals surface area contributed by atoms with Gasteiger partial charge in [-0.05, 0) is 12.1 Å². The van der Waals surface area contributed by atoms with Gasteiger partial charge in [0.15, 0.2) is 11.5 Å². The summed E-state index contributed by atoms with van der Waals surface area (Å²) in [5, 5.41) is 8.76. The van der Waals surface area contributed by atoms with Crippen molar-refractivity contribution in [3.8, 4) is 17.3 Å². The predicted octanol–water partition coefficient (Wildman–Crippen LogP) is 2.62. The number of rotatable bonds is 1. The number of anilines is 1. The summed E-state index contributed by atoms with van der Waals surface area (Å²) in [6.07, 6.45) is -3.21. The number of nitrogens with zero attached hydrogens (tertiary/aromatic N) is 3. The van der Waals surface area contributed by atoms with Crippen molar-refractivity contribution in [1.29, 1.82) is 5.26 Å². The van der Waals surface area contributed by atoms with Crippen molar-refractivity contribution in [3.63, 3.8) is 0 Å². The zero-order chi connectivity index (χ0) is 14.0. The van der Waals surface area contributed by atoms with Gasteiger partial charge in [-0.15, -0.1) is 0 Å². The van der Waals surface area contributed by atoms with Crippen LogP contribution in [-0.2, 0) is 6.18 Å². The minimum absolute atomic E-state index is 0.0572. The maximum Gasteiger partial charge on any atom is 0.416 e. The molecule has 0 amide bonds. The van der Waals surface area contributed by atoms with Gasteiger partial charge >= 0.3 is 6.18 Å². The van der Waals surface area contributed by atoms with Gasteiger partial charge < -0.3 is 5.73 Å². The Morgan fingerprint density at radius 2 is 2.00 bits per heavy atom. The molecule has 0 radical (unpaired) electrons. The Hall–Kier alpha value is -2.62. The minimum atomic E-state index is -4.44. The van der Waals surface area contributed by atoms with Crippen LogP contribution in [0.4, 0.5) is 19.0 Å². The molecule has 2 N–H and O–H groups in total. The van der Waals surface area contributed by atoms with E-state index >= 15 is 0 Å². The van der Waals surface area contributed by atoms with E-state index in [9.17, 15) is 13.2 Å². The van der Waals surface area contributed by atoms with E-state index in [0.29, 0.717) is 0 Å². The highest BCUT2D eigenvalue weighted by Gasteiger charge is 2.30. The van der Waals surface area contributed by atoms with Crippen LogP contribution in [0.3, 0.4) is 0 Å². The Balaban J connectivity index is 2.51. The molecule has 1 aromatic heterocycles. The number of aromatic nitrogens is 2. The number of nitriles is 1. The summed E-state index contributed by atoms with van der Waals surface area (Å²) in [6, 6.07) is 6.35. The predicted molar refractivity (Wildman–Crippen MR) is 61.6 cm³/mol. The molecule has 0 aliphatic carbocycles. The second-order valence-corrected chi connectivity index (χ2v) is 3.68. The van der Waals surface area contributed by atoms with Gasteiger partial charge in [-0.1, -0.05) is 12.1 Å². The topological polar surface area (TPSA) is 75.6 Å². The molecule has 0 saturated carbocycles. The molecule has 2 aromatic rings. The highest BCUT2D eigenvalue weighted by Crippen LogP contribution is 2.31. The van der Waals surface area contributed by atoms with Crippen LogP contribution in [0.15, 0.2) is 30.5 Å². The van der Waals surface area contributed by atoms with Crippen LogP contribution in [0.2, 0.25) is 0 Å². The molecule has 1 heterocycles. The molecule has 0 fully saturated rings. The maximum atomic E-state index is 12.6. The molecule has 2 rings (SSSR count). The number of hydrogen-bond acceptors (Lipinski definition) is 4. The molecule has 0 spiro atoms. The first-order chi connectivity index (χ1) is 8.91. The van der Waals surface area contributed by atoms with Crippen LogP contribution in [-0.4, -0.2) is 9.97 Å². The molecule has 0 bridgehead atoms. The van der Waals surface area contributed by atoms with E-state index in [1.807, 2.05) is 0 Å². The van der Waals surface area contributed by atoms with Crippen molar-refractivity contribution >= 4 is 5.82 Å². The summed E-state index contributed by atoms with van der Waals surface area (Å²) in [4.78, 5) is 7.60. The van der Waals surface area contributed by atoms with E-state index in [0.717, 1.165) is 12.1 Å². The smallest absolute Gasteiger partial charge is 0.381 e. The molecule has 1 aromatic carbocycles. The molecular formula is C12H7F3N4. The standard InChI is InChI=1S/C12H7F3N4/c13-12(14,15)8-3-1-2-7(4-8)10-6-18-11(17)9(5-16)19-10/h1-4,6H,(H2,17,18). The van der Waals surface area contributed by atoms with Crippen LogP contribution < -0.4 is 5.73 Å². The third kappa shape index (κ3) is 2.63. The number of benzene rings is 1. The van der Waals surface area contributed by atoms with Gasteiger partial charge in [0.1, 0.15) is 6.07 Å². The van der Waals surface area contributed by atoms with E-state index < -0.39 is 11.7 Å². The molecule has 0 aliphatic heterocycles. The fraction of sp³-hybridized carbons (Fsp3) is 0.0833. The Morgan fingerprint density at radius 3 is 2.63 bits per heavy atom.